The molecular formula is C14H13F3N4. The molecule has 2 heterocycles. The van der Waals surface area contributed by atoms with E-state index in [0.29, 0.717) is 5.82 Å². The zero-order chi connectivity index (χ0) is 14.8. The van der Waals surface area contributed by atoms with Crippen molar-refractivity contribution in [2.45, 2.75) is 12.8 Å². The van der Waals surface area contributed by atoms with Gasteiger partial charge in [-0.15, -0.1) is 0 Å². The van der Waals surface area contributed by atoms with E-state index in [4.69, 9.17) is 0 Å². The molecular weight excluding hydrogens is 281 g/mol. The Bertz CT molecular complexity index is 657. The van der Waals surface area contributed by atoms with Crippen molar-refractivity contribution in [3.63, 3.8) is 0 Å². The van der Waals surface area contributed by atoms with E-state index in [1.54, 1.807) is 6.07 Å². The van der Waals surface area contributed by atoms with Crippen molar-refractivity contribution in [3.8, 4) is 0 Å². The summed E-state index contributed by atoms with van der Waals surface area (Å²) in [4.78, 5) is 10.2. The SMILES string of the molecule is Fc1ccc(Nc2cc(N3CCCC3)ncn2)c(F)c1F. The highest BCUT2D eigenvalue weighted by Crippen LogP contribution is 2.25. The van der Waals surface area contributed by atoms with E-state index in [0.717, 1.165) is 43.9 Å². The Kier molecular flexibility index (Phi) is 3.64. The molecule has 1 aromatic heterocycles. The Morgan fingerprint density at radius 2 is 1.76 bits per heavy atom. The molecule has 0 unspecified atom stereocenters. The van der Waals surface area contributed by atoms with Crippen molar-refractivity contribution < 1.29 is 13.2 Å². The summed E-state index contributed by atoms with van der Waals surface area (Å²) in [7, 11) is 0. The Labute approximate surface area is 119 Å². The topological polar surface area (TPSA) is 41.0 Å². The number of rotatable bonds is 3. The predicted octanol–water partition coefficient (Wildman–Crippen LogP) is 3.24. The van der Waals surface area contributed by atoms with E-state index in [2.05, 4.69) is 20.2 Å². The van der Waals surface area contributed by atoms with Crippen molar-refractivity contribution in [2.24, 2.45) is 0 Å². The number of hydrogen-bond acceptors (Lipinski definition) is 4. The minimum Gasteiger partial charge on any atom is -0.356 e. The van der Waals surface area contributed by atoms with Gasteiger partial charge in [-0.2, -0.15) is 0 Å². The summed E-state index contributed by atoms with van der Waals surface area (Å²) in [6, 6.07) is 3.65. The molecule has 0 bridgehead atoms. The molecule has 0 amide bonds. The average molecular weight is 294 g/mol. The van der Waals surface area contributed by atoms with Gasteiger partial charge in [0.05, 0.1) is 5.69 Å². The number of halogens is 3. The van der Waals surface area contributed by atoms with Crippen LogP contribution in [0.3, 0.4) is 0 Å². The lowest BCUT2D eigenvalue weighted by atomic mass is 10.2. The molecule has 1 aromatic carbocycles. The Morgan fingerprint density at radius 3 is 2.52 bits per heavy atom. The molecule has 0 aliphatic carbocycles. The normalized spacial score (nSPS) is 14.5. The van der Waals surface area contributed by atoms with Crippen LogP contribution >= 0.6 is 0 Å². The summed E-state index contributed by atoms with van der Waals surface area (Å²) in [5.74, 6) is -2.94. The molecule has 1 fully saturated rings. The highest BCUT2D eigenvalue weighted by Gasteiger charge is 2.16. The molecule has 7 heteroatoms. The predicted molar refractivity (Wildman–Crippen MR) is 73.1 cm³/mol. The van der Waals surface area contributed by atoms with Crippen molar-refractivity contribution in [1.29, 1.82) is 0 Å². The van der Waals surface area contributed by atoms with Crippen LogP contribution in [0.15, 0.2) is 24.5 Å². The van der Waals surface area contributed by atoms with Crippen molar-refractivity contribution in [2.75, 3.05) is 23.3 Å². The standard InChI is InChI=1S/C14H13F3N4/c15-9-3-4-10(14(17)13(9)16)20-11-7-12(19-8-18-11)21-5-1-2-6-21/h3-4,7-8H,1-2,5-6H2,(H,18,19,20). The van der Waals surface area contributed by atoms with E-state index < -0.39 is 17.5 Å². The molecule has 1 aliphatic heterocycles. The van der Waals surface area contributed by atoms with Crippen LogP contribution in [-0.2, 0) is 0 Å². The first kappa shape index (κ1) is 13.7. The van der Waals surface area contributed by atoms with Crippen LogP contribution in [-0.4, -0.2) is 23.1 Å². The summed E-state index contributed by atoms with van der Waals surface area (Å²) in [5.41, 5.74) is -0.167. The van der Waals surface area contributed by atoms with Crippen molar-refractivity contribution in [1.82, 2.24) is 9.97 Å². The molecule has 0 spiro atoms. The minimum absolute atomic E-state index is 0.167. The fourth-order valence-corrected chi connectivity index (χ4v) is 2.29. The van der Waals surface area contributed by atoms with Crippen LogP contribution in [0, 0.1) is 17.5 Å². The van der Waals surface area contributed by atoms with E-state index in [9.17, 15) is 13.2 Å². The van der Waals surface area contributed by atoms with Crippen LogP contribution in [0.5, 0.6) is 0 Å². The zero-order valence-electron chi connectivity index (χ0n) is 11.1. The quantitative estimate of drug-likeness (QED) is 0.882. The maximum absolute atomic E-state index is 13.6. The van der Waals surface area contributed by atoms with Crippen LogP contribution in [0.25, 0.3) is 0 Å². The number of nitrogens with zero attached hydrogens (tertiary/aromatic N) is 3. The molecule has 110 valence electrons. The van der Waals surface area contributed by atoms with Crippen LogP contribution < -0.4 is 10.2 Å². The van der Waals surface area contributed by atoms with Gasteiger partial charge in [-0.25, -0.2) is 23.1 Å². The first-order valence-corrected chi connectivity index (χ1v) is 6.62. The molecule has 0 atom stereocenters. The molecule has 1 saturated heterocycles. The third kappa shape index (κ3) is 2.76. The van der Waals surface area contributed by atoms with Gasteiger partial charge >= 0.3 is 0 Å². The number of hydrogen-bond donors (Lipinski definition) is 1. The highest BCUT2D eigenvalue weighted by atomic mass is 19.2. The van der Waals surface area contributed by atoms with Crippen molar-refractivity contribution in [3.05, 3.63) is 42.0 Å². The summed E-state index contributed by atoms with van der Waals surface area (Å²) >= 11 is 0. The van der Waals surface area contributed by atoms with E-state index in [1.807, 2.05) is 0 Å². The average Bonchev–Trinajstić information content (AvgIpc) is 3.03. The minimum atomic E-state index is -1.51. The summed E-state index contributed by atoms with van der Waals surface area (Å²) in [5, 5.41) is 2.64. The molecule has 1 aliphatic rings. The van der Waals surface area contributed by atoms with Gasteiger partial charge < -0.3 is 10.2 Å². The Morgan fingerprint density at radius 1 is 1.00 bits per heavy atom. The number of benzene rings is 1. The second-order valence-corrected chi connectivity index (χ2v) is 4.80. The Hall–Kier alpha value is -2.31. The van der Waals surface area contributed by atoms with Gasteiger partial charge in [0.2, 0.25) is 0 Å². The van der Waals surface area contributed by atoms with Gasteiger partial charge in [0.15, 0.2) is 17.5 Å². The van der Waals surface area contributed by atoms with Crippen LogP contribution in [0.4, 0.5) is 30.5 Å². The van der Waals surface area contributed by atoms with Gasteiger partial charge in [-0.1, -0.05) is 0 Å². The largest absolute Gasteiger partial charge is 0.356 e. The maximum atomic E-state index is 13.6. The van der Waals surface area contributed by atoms with Gasteiger partial charge in [-0.05, 0) is 25.0 Å². The first-order valence-electron chi connectivity index (χ1n) is 6.62. The number of anilines is 3. The monoisotopic (exact) mass is 294 g/mol. The molecule has 2 aromatic rings. The third-order valence-corrected chi connectivity index (χ3v) is 3.38. The fraction of sp³-hybridized carbons (Fsp3) is 0.286. The second-order valence-electron chi connectivity index (χ2n) is 4.80. The second kappa shape index (κ2) is 5.59. The van der Waals surface area contributed by atoms with Gasteiger partial charge in [0, 0.05) is 19.2 Å². The molecule has 0 saturated carbocycles. The van der Waals surface area contributed by atoms with Crippen molar-refractivity contribution >= 4 is 17.3 Å². The first-order chi connectivity index (χ1) is 10.1. The molecule has 21 heavy (non-hydrogen) atoms. The van der Waals surface area contributed by atoms with Crippen LogP contribution in [0.1, 0.15) is 12.8 Å². The highest BCUT2D eigenvalue weighted by molar-refractivity contribution is 5.60. The molecule has 0 radical (unpaired) electrons. The van der Waals surface area contributed by atoms with Gasteiger partial charge in [0.25, 0.3) is 0 Å². The lowest BCUT2D eigenvalue weighted by Gasteiger charge is -2.16. The van der Waals surface area contributed by atoms with Crippen LogP contribution in [0.2, 0.25) is 0 Å². The van der Waals surface area contributed by atoms with E-state index in [1.165, 1.54) is 6.33 Å². The fourth-order valence-electron chi connectivity index (χ4n) is 2.29. The molecule has 1 N–H and O–H groups in total. The lowest BCUT2D eigenvalue weighted by Crippen LogP contribution is -2.19. The van der Waals surface area contributed by atoms with Gasteiger partial charge in [0.1, 0.15) is 18.0 Å². The van der Waals surface area contributed by atoms with E-state index >= 15 is 0 Å². The number of aromatic nitrogens is 2. The maximum Gasteiger partial charge on any atom is 0.196 e. The molecule has 3 rings (SSSR count). The lowest BCUT2D eigenvalue weighted by molar-refractivity contribution is 0.449. The summed E-state index contributed by atoms with van der Waals surface area (Å²) in [6.45, 7) is 1.83. The Balaban J connectivity index is 1.85. The zero-order valence-corrected chi connectivity index (χ0v) is 11.1. The summed E-state index contributed by atoms with van der Waals surface area (Å²) < 4.78 is 39.7. The molecule has 4 nitrogen and oxygen atoms in total. The summed E-state index contributed by atoms with van der Waals surface area (Å²) in [6.07, 6.45) is 3.56. The van der Waals surface area contributed by atoms with E-state index in [-0.39, 0.29) is 5.69 Å². The van der Waals surface area contributed by atoms with Gasteiger partial charge in [-0.3, -0.25) is 0 Å². The number of nitrogens with one attached hydrogen (secondary N) is 1. The smallest absolute Gasteiger partial charge is 0.196 e. The third-order valence-electron chi connectivity index (χ3n) is 3.38.